The second-order valence-electron chi connectivity index (χ2n) is 5.59. The summed E-state index contributed by atoms with van der Waals surface area (Å²) in [5.74, 6) is -0.752. The predicted molar refractivity (Wildman–Crippen MR) is 77.5 cm³/mol. The topological polar surface area (TPSA) is 78.4 Å². The quantitative estimate of drug-likeness (QED) is 0.670. The summed E-state index contributed by atoms with van der Waals surface area (Å²) < 4.78 is 0.161. The molecule has 1 fully saturated rings. The first-order chi connectivity index (χ1) is 8.88. The van der Waals surface area contributed by atoms with Gasteiger partial charge in [0.2, 0.25) is 0 Å². The fraction of sp³-hybridized carbons (Fsp3) is 0.846. The summed E-state index contributed by atoms with van der Waals surface area (Å²) in [5.41, 5.74) is 0. The van der Waals surface area contributed by atoms with Gasteiger partial charge in [0, 0.05) is 11.3 Å². The van der Waals surface area contributed by atoms with Crippen LogP contribution in [0.3, 0.4) is 0 Å². The van der Waals surface area contributed by atoms with Gasteiger partial charge in [-0.15, -0.1) is 0 Å². The lowest BCUT2D eigenvalue weighted by atomic mass is 9.84. The largest absolute Gasteiger partial charge is 0.480 e. The van der Waals surface area contributed by atoms with E-state index in [1.807, 2.05) is 13.8 Å². The molecule has 0 unspecified atom stereocenters. The Morgan fingerprint density at radius 1 is 1.37 bits per heavy atom. The molecule has 0 aromatic rings. The summed E-state index contributed by atoms with van der Waals surface area (Å²) in [6.07, 6.45) is 5.93. The van der Waals surface area contributed by atoms with E-state index in [0.717, 1.165) is 12.8 Å². The van der Waals surface area contributed by atoms with Gasteiger partial charge in [-0.2, -0.15) is 11.8 Å². The molecule has 110 valence electrons. The number of carboxylic acids is 1. The van der Waals surface area contributed by atoms with E-state index in [-0.39, 0.29) is 16.7 Å². The molecule has 0 aromatic heterocycles. The van der Waals surface area contributed by atoms with Gasteiger partial charge in [0.25, 0.3) is 0 Å². The Kier molecular flexibility index (Phi) is 5.97. The third kappa shape index (κ3) is 4.93. The van der Waals surface area contributed by atoms with Crippen LogP contribution >= 0.6 is 11.8 Å². The van der Waals surface area contributed by atoms with E-state index in [1.165, 1.54) is 6.42 Å². The zero-order valence-corrected chi connectivity index (χ0v) is 12.7. The molecule has 5 nitrogen and oxygen atoms in total. The summed E-state index contributed by atoms with van der Waals surface area (Å²) in [7, 11) is 0. The molecule has 1 aliphatic rings. The average molecular weight is 288 g/mol. The number of hydrogen-bond acceptors (Lipinski definition) is 3. The Balaban J connectivity index is 2.38. The summed E-state index contributed by atoms with van der Waals surface area (Å²) in [5, 5.41) is 14.4. The van der Waals surface area contributed by atoms with Crippen LogP contribution in [0.2, 0.25) is 0 Å². The van der Waals surface area contributed by atoms with Crippen LogP contribution in [-0.4, -0.2) is 40.7 Å². The van der Waals surface area contributed by atoms with Gasteiger partial charge in [0.15, 0.2) is 0 Å². The van der Waals surface area contributed by atoms with Crippen molar-refractivity contribution < 1.29 is 14.7 Å². The van der Waals surface area contributed by atoms with Crippen LogP contribution in [0.15, 0.2) is 0 Å². The lowest BCUT2D eigenvalue weighted by Crippen LogP contribution is -2.51. The highest BCUT2D eigenvalue weighted by atomic mass is 32.2. The predicted octanol–water partition coefficient (Wildman–Crippen LogP) is 2.07. The number of urea groups is 1. The van der Waals surface area contributed by atoms with Crippen molar-refractivity contribution in [2.45, 2.75) is 50.3 Å². The monoisotopic (exact) mass is 288 g/mol. The van der Waals surface area contributed by atoms with Crippen LogP contribution in [-0.2, 0) is 4.79 Å². The summed E-state index contributed by atoms with van der Waals surface area (Å²) >= 11 is 1.78. The summed E-state index contributed by atoms with van der Waals surface area (Å²) in [6.45, 7) is 4.48. The van der Waals surface area contributed by atoms with E-state index in [1.54, 1.807) is 11.8 Å². The average Bonchev–Trinajstić information content (AvgIpc) is 2.26. The van der Waals surface area contributed by atoms with Gasteiger partial charge in [-0.1, -0.05) is 20.3 Å². The van der Waals surface area contributed by atoms with Crippen molar-refractivity contribution in [3.8, 4) is 0 Å². The van der Waals surface area contributed by atoms with Crippen molar-refractivity contribution in [1.29, 1.82) is 0 Å². The van der Waals surface area contributed by atoms with Gasteiger partial charge in [0.1, 0.15) is 6.04 Å². The SMILES string of the molecule is CSC1(CNC(=O)N[C@@H](CC(C)C)C(=O)O)CCC1. The molecule has 0 heterocycles. The zero-order valence-electron chi connectivity index (χ0n) is 11.9. The van der Waals surface area contributed by atoms with Gasteiger partial charge in [-0.05, 0) is 31.4 Å². The number of carbonyl (C=O) groups is 2. The van der Waals surface area contributed by atoms with Crippen molar-refractivity contribution in [2.24, 2.45) is 5.92 Å². The van der Waals surface area contributed by atoms with Crippen LogP contribution in [0.25, 0.3) is 0 Å². The van der Waals surface area contributed by atoms with E-state index in [2.05, 4.69) is 16.9 Å². The van der Waals surface area contributed by atoms with Gasteiger partial charge >= 0.3 is 12.0 Å². The normalized spacial score (nSPS) is 18.5. The van der Waals surface area contributed by atoms with Crippen LogP contribution in [0.5, 0.6) is 0 Å². The number of aliphatic carboxylic acids is 1. The minimum absolute atomic E-state index is 0.161. The van der Waals surface area contributed by atoms with Gasteiger partial charge in [0.05, 0.1) is 0 Å². The molecule has 1 atom stereocenters. The Labute approximate surface area is 118 Å². The molecule has 0 aromatic carbocycles. The Morgan fingerprint density at radius 2 is 2.00 bits per heavy atom. The molecule has 0 radical (unpaired) electrons. The maximum absolute atomic E-state index is 11.7. The molecule has 0 bridgehead atoms. The third-order valence-electron chi connectivity index (χ3n) is 3.58. The Bertz CT molecular complexity index is 324. The van der Waals surface area contributed by atoms with Crippen molar-refractivity contribution in [3.05, 3.63) is 0 Å². The lowest BCUT2D eigenvalue weighted by Gasteiger charge is -2.40. The molecular weight excluding hydrogens is 264 g/mol. The lowest BCUT2D eigenvalue weighted by molar-refractivity contribution is -0.139. The van der Waals surface area contributed by atoms with E-state index in [4.69, 9.17) is 5.11 Å². The maximum atomic E-state index is 11.7. The van der Waals surface area contributed by atoms with Crippen molar-refractivity contribution in [1.82, 2.24) is 10.6 Å². The highest BCUT2D eigenvalue weighted by Crippen LogP contribution is 2.42. The molecule has 1 saturated carbocycles. The number of nitrogens with one attached hydrogen (secondary N) is 2. The van der Waals surface area contributed by atoms with Crippen molar-refractivity contribution in [2.75, 3.05) is 12.8 Å². The molecule has 0 spiro atoms. The van der Waals surface area contributed by atoms with Crippen molar-refractivity contribution in [3.63, 3.8) is 0 Å². The van der Waals surface area contributed by atoms with E-state index in [9.17, 15) is 9.59 Å². The van der Waals surface area contributed by atoms with Crippen LogP contribution in [0, 0.1) is 5.92 Å². The maximum Gasteiger partial charge on any atom is 0.326 e. The third-order valence-corrected chi connectivity index (χ3v) is 5.00. The van der Waals surface area contributed by atoms with Gasteiger partial charge < -0.3 is 15.7 Å². The number of thioether (sulfide) groups is 1. The number of hydrogen-bond donors (Lipinski definition) is 3. The van der Waals surface area contributed by atoms with Crippen molar-refractivity contribution >= 4 is 23.8 Å². The van der Waals surface area contributed by atoms with Gasteiger partial charge in [-0.3, -0.25) is 0 Å². The number of amides is 2. The minimum atomic E-state index is -0.980. The number of carbonyl (C=O) groups excluding carboxylic acids is 1. The standard InChI is InChI=1S/C13H24N2O3S/c1-9(2)7-10(11(16)17)15-12(18)14-8-13(19-3)5-4-6-13/h9-10H,4-8H2,1-3H3,(H,16,17)(H2,14,15,18)/t10-/m0/s1. The smallest absolute Gasteiger partial charge is 0.326 e. The minimum Gasteiger partial charge on any atom is -0.480 e. The van der Waals surface area contributed by atoms with E-state index >= 15 is 0 Å². The van der Waals surface area contributed by atoms with Gasteiger partial charge in [-0.25, -0.2) is 9.59 Å². The molecule has 1 aliphatic carbocycles. The summed E-state index contributed by atoms with van der Waals surface area (Å²) in [4.78, 5) is 22.8. The Hall–Kier alpha value is -0.910. The highest BCUT2D eigenvalue weighted by molar-refractivity contribution is 8.00. The second kappa shape index (κ2) is 7.03. The van der Waals surface area contributed by atoms with Crippen LogP contribution in [0.4, 0.5) is 4.79 Å². The molecule has 6 heteroatoms. The summed E-state index contributed by atoms with van der Waals surface area (Å²) in [6, 6.07) is -1.19. The molecule has 0 saturated heterocycles. The first-order valence-electron chi connectivity index (χ1n) is 6.71. The van der Waals surface area contributed by atoms with E-state index < -0.39 is 12.0 Å². The number of rotatable bonds is 7. The molecule has 1 rings (SSSR count). The molecule has 3 N–H and O–H groups in total. The first-order valence-corrected chi connectivity index (χ1v) is 7.93. The highest BCUT2D eigenvalue weighted by Gasteiger charge is 2.36. The fourth-order valence-electron chi connectivity index (χ4n) is 2.17. The van der Waals surface area contributed by atoms with Crippen LogP contribution < -0.4 is 10.6 Å². The number of carboxylic acid groups (broad SMARTS) is 1. The zero-order chi connectivity index (χ0) is 14.5. The Morgan fingerprint density at radius 3 is 2.37 bits per heavy atom. The van der Waals surface area contributed by atoms with Crippen LogP contribution in [0.1, 0.15) is 39.5 Å². The first kappa shape index (κ1) is 16.1. The fourth-order valence-corrected chi connectivity index (χ4v) is 3.08. The molecule has 19 heavy (non-hydrogen) atoms. The molecule has 2 amide bonds. The molecule has 0 aliphatic heterocycles. The second-order valence-corrected chi connectivity index (χ2v) is 6.86. The van der Waals surface area contributed by atoms with E-state index in [0.29, 0.717) is 13.0 Å². The molecular formula is C13H24N2O3S.